The molecule has 0 heterocycles. The maximum absolute atomic E-state index is 5.34. The second-order valence-electron chi connectivity index (χ2n) is 3.61. The van der Waals surface area contributed by atoms with Crippen LogP contribution in [0, 0.1) is 0 Å². The summed E-state index contributed by atoms with van der Waals surface area (Å²) in [5.74, 6) is 0.990. The monoisotopic (exact) mass is 205 g/mol. The third kappa shape index (κ3) is 1.96. The number of methoxy groups -OCH3 is 1. The number of nitrogens with zero attached hydrogens (tertiary/aromatic N) is 1. The Kier molecular flexibility index (Phi) is 2.90. The molecule has 80 valence electrons. The van der Waals surface area contributed by atoms with Crippen molar-refractivity contribution in [2.45, 2.75) is 19.3 Å². The van der Waals surface area contributed by atoms with Gasteiger partial charge in [-0.1, -0.05) is 17.3 Å². The van der Waals surface area contributed by atoms with E-state index in [0.717, 1.165) is 30.7 Å². The second-order valence-corrected chi connectivity index (χ2v) is 3.61. The van der Waals surface area contributed by atoms with Crippen molar-refractivity contribution in [1.82, 2.24) is 0 Å². The summed E-state index contributed by atoms with van der Waals surface area (Å²) < 4.78 is 5.34. The maximum atomic E-state index is 5.34. The Hall–Kier alpha value is -1.51. The van der Waals surface area contributed by atoms with Crippen LogP contribution in [0.1, 0.15) is 17.5 Å². The first-order valence-electron chi connectivity index (χ1n) is 5.09. The van der Waals surface area contributed by atoms with E-state index in [1.54, 1.807) is 14.2 Å². The van der Waals surface area contributed by atoms with E-state index in [-0.39, 0.29) is 0 Å². The quantitative estimate of drug-likeness (QED) is 0.693. The number of ether oxygens (including phenoxy) is 1. The van der Waals surface area contributed by atoms with E-state index in [1.165, 1.54) is 11.1 Å². The van der Waals surface area contributed by atoms with E-state index < -0.39 is 0 Å². The summed E-state index contributed by atoms with van der Waals surface area (Å²) in [6.45, 7) is 0. The Morgan fingerprint density at radius 1 is 1.20 bits per heavy atom. The Labute approximate surface area is 89.7 Å². The summed E-state index contributed by atoms with van der Waals surface area (Å²) in [6, 6.07) is 6.16. The van der Waals surface area contributed by atoms with Crippen LogP contribution in [-0.2, 0) is 17.7 Å². The van der Waals surface area contributed by atoms with Crippen LogP contribution in [0.25, 0.3) is 0 Å². The van der Waals surface area contributed by atoms with E-state index in [4.69, 9.17) is 9.57 Å². The lowest BCUT2D eigenvalue weighted by Crippen LogP contribution is -2.14. The van der Waals surface area contributed by atoms with Gasteiger partial charge in [-0.05, 0) is 30.0 Å². The van der Waals surface area contributed by atoms with Crippen molar-refractivity contribution >= 4 is 5.71 Å². The first kappa shape index (κ1) is 10.0. The molecule has 3 nitrogen and oxygen atoms in total. The third-order valence-electron chi connectivity index (χ3n) is 2.73. The van der Waals surface area contributed by atoms with Gasteiger partial charge in [-0.15, -0.1) is 0 Å². The van der Waals surface area contributed by atoms with Gasteiger partial charge in [0.05, 0.1) is 12.8 Å². The smallest absolute Gasteiger partial charge is 0.122 e. The van der Waals surface area contributed by atoms with Crippen LogP contribution < -0.4 is 4.74 Å². The summed E-state index contributed by atoms with van der Waals surface area (Å²) in [7, 11) is 3.31. The van der Waals surface area contributed by atoms with Crippen LogP contribution in [0.5, 0.6) is 5.75 Å². The molecule has 1 aliphatic carbocycles. The summed E-state index contributed by atoms with van der Waals surface area (Å²) >= 11 is 0. The highest BCUT2D eigenvalue weighted by Gasteiger charge is 2.17. The molecule has 0 unspecified atom stereocenters. The minimum Gasteiger partial charge on any atom is -0.496 e. The molecule has 15 heavy (non-hydrogen) atoms. The Bertz CT molecular complexity index is 385. The molecule has 0 N–H and O–H groups in total. The summed E-state index contributed by atoms with van der Waals surface area (Å²) in [5, 5.41) is 4.01. The molecule has 0 saturated carbocycles. The highest BCUT2D eigenvalue weighted by Crippen LogP contribution is 2.28. The van der Waals surface area contributed by atoms with E-state index >= 15 is 0 Å². The average molecular weight is 205 g/mol. The first-order valence-corrected chi connectivity index (χ1v) is 5.09. The molecule has 0 aliphatic heterocycles. The molecular weight excluding hydrogens is 190 g/mol. The Morgan fingerprint density at radius 2 is 2.07 bits per heavy atom. The fourth-order valence-electron chi connectivity index (χ4n) is 2.04. The van der Waals surface area contributed by atoms with Crippen molar-refractivity contribution in [1.29, 1.82) is 0 Å². The van der Waals surface area contributed by atoms with Gasteiger partial charge in [0.2, 0.25) is 0 Å². The second kappa shape index (κ2) is 4.34. The molecule has 2 rings (SSSR count). The molecule has 0 radical (unpaired) electrons. The van der Waals surface area contributed by atoms with Crippen LogP contribution in [0.15, 0.2) is 23.4 Å². The van der Waals surface area contributed by atoms with Gasteiger partial charge in [0.25, 0.3) is 0 Å². The van der Waals surface area contributed by atoms with Crippen LogP contribution in [-0.4, -0.2) is 19.9 Å². The van der Waals surface area contributed by atoms with E-state index in [2.05, 4.69) is 11.2 Å². The lowest BCUT2D eigenvalue weighted by atomic mass is 9.90. The van der Waals surface area contributed by atoms with Crippen molar-refractivity contribution in [2.24, 2.45) is 5.16 Å². The SMILES string of the molecule is CO/N=C1\CCc2c(cccc2OC)C1. The summed E-state index contributed by atoms with van der Waals surface area (Å²) in [6.07, 6.45) is 2.82. The van der Waals surface area contributed by atoms with Gasteiger partial charge in [-0.25, -0.2) is 0 Å². The first-order chi connectivity index (χ1) is 7.35. The highest BCUT2D eigenvalue weighted by molar-refractivity contribution is 5.88. The lowest BCUT2D eigenvalue weighted by Gasteiger charge is -2.19. The zero-order chi connectivity index (χ0) is 10.7. The standard InChI is InChI=1S/C12H15NO2/c1-14-12-5-3-4-9-8-10(13-15-2)6-7-11(9)12/h3-5H,6-8H2,1-2H3/b13-10+. The van der Waals surface area contributed by atoms with E-state index in [0.29, 0.717) is 0 Å². The molecule has 3 heteroatoms. The van der Waals surface area contributed by atoms with Gasteiger partial charge >= 0.3 is 0 Å². The number of fused-ring (bicyclic) bond motifs is 1. The average Bonchev–Trinajstić information content (AvgIpc) is 2.28. The number of hydrogen-bond acceptors (Lipinski definition) is 3. The molecular formula is C12H15NO2. The van der Waals surface area contributed by atoms with Crippen molar-refractivity contribution < 1.29 is 9.57 Å². The van der Waals surface area contributed by atoms with Gasteiger partial charge in [-0.3, -0.25) is 0 Å². The van der Waals surface area contributed by atoms with Crippen molar-refractivity contribution in [3.63, 3.8) is 0 Å². The molecule has 0 bridgehead atoms. The molecule has 0 fully saturated rings. The van der Waals surface area contributed by atoms with Gasteiger partial charge in [0.1, 0.15) is 12.9 Å². The molecule has 0 spiro atoms. The van der Waals surface area contributed by atoms with Gasteiger partial charge < -0.3 is 9.57 Å². The molecule has 0 atom stereocenters. The van der Waals surface area contributed by atoms with Crippen molar-refractivity contribution in [2.75, 3.05) is 14.2 Å². The molecule has 1 aromatic carbocycles. The zero-order valence-corrected chi connectivity index (χ0v) is 9.12. The lowest BCUT2D eigenvalue weighted by molar-refractivity contribution is 0.211. The normalized spacial score (nSPS) is 17.3. The molecule has 1 aliphatic rings. The van der Waals surface area contributed by atoms with Crippen LogP contribution in [0.3, 0.4) is 0 Å². The molecule has 0 amide bonds. The van der Waals surface area contributed by atoms with Gasteiger partial charge in [0, 0.05) is 6.42 Å². The maximum Gasteiger partial charge on any atom is 0.122 e. The van der Waals surface area contributed by atoms with E-state index in [9.17, 15) is 0 Å². The van der Waals surface area contributed by atoms with Crippen molar-refractivity contribution in [3.8, 4) is 5.75 Å². The minimum atomic E-state index is 0.875. The summed E-state index contributed by atoms with van der Waals surface area (Å²) in [4.78, 5) is 4.81. The number of hydrogen-bond donors (Lipinski definition) is 0. The highest BCUT2D eigenvalue weighted by atomic mass is 16.6. The Balaban J connectivity index is 2.31. The predicted octanol–water partition coefficient (Wildman–Crippen LogP) is 2.19. The minimum absolute atomic E-state index is 0.875. The van der Waals surface area contributed by atoms with E-state index in [1.807, 2.05) is 12.1 Å². The molecule has 0 aromatic heterocycles. The number of benzene rings is 1. The largest absolute Gasteiger partial charge is 0.496 e. The Morgan fingerprint density at radius 3 is 2.80 bits per heavy atom. The van der Waals surface area contributed by atoms with Crippen molar-refractivity contribution in [3.05, 3.63) is 29.3 Å². The predicted molar refractivity (Wildman–Crippen MR) is 59.5 cm³/mol. The zero-order valence-electron chi connectivity index (χ0n) is 9.12. The van der Waals surface area contributed by atoms with Crippen LogP contribution >= 0.6 is 0 Å². The van der Waals surface area contributed by atoms with Gasteiger partial charge in [-0.2, -0.15) is 0 Å². The third-order valence-corrected chi connectivity index (χ3v) is 2.73. The van der Waals surface area contributed by atoms with Crippen LogP contribution in [0.2, 0.25) is 0 Å². The fraction of sp³-hybridized carbons (Fsp3) is 0.417. The topological polar surface area (TPSA) is 30.8 Å². The summed E-state index contributed by atoms with van der Waals surface area (Å²) in [5.41, 5.74) is 3.73. The molecule has 0 saturated heterocycles. The number of oxime groups is 1. The van der Waals surface area contributed by atoms with Gasteiger partial charge in [0.15, 0.2) is 0 Å². The fourth-order valence-corrected chi connectivity index (χ4v) is 2.04. The molecule has 1 aromatic rings. The van der Waals surface area contributed by atoms with Crippen LogP contribution in [0.4, 0.5) is 0 Å². The number of rotatable bonds is 2.